The van der Waals surface area contributed by atoms with Gasteiger partial charge in [0.25, 0.3) is 0 Å². The number of rotatable bonds is 4. The molecule has 1 heterocycles. The number of benzene rings is 1. The van der Waals surface area contributed by atoms with Crippen molar-refractivity contribution >= 4 is 5.78 Å². The lowest BCUT2D eigenvalue weighted by molar-refractivity contribution is 0.103. The number of carbonyl (C=O) groups excluding carboxylic acids is 1. The minimum atomic E-state index is -0.0649. The van der Waals surface area contributed by atoms with Gasteiger partial charge in [-0.2, -0.15) is 0 Å². The lowest BCUT2D eigenvalue weighted by Gasteiger charge is -2.02. The van der Waals surface area contributed by atoms with Crippen molar-refractivity contribution in [2.75, 3.05) is 6.54 Å². The maximum Gasteiger partial charge on any atom is 0.196 e. The van der Waals surface area contributed by atoms with Crippen LogP contribution in [0.5, 0.6) is 0 Å². The van der Waals surface area contributed by atoms with Gasteiger partial charge in [-0.05, 0) is 18.5 Å². The number of aromatic nitrogens is 2. The zero-order valence-corrected chi connectivity index (χ0v) is 9.34. The van der Waals surface area contributed by atoms with Crippen molar-refractivity contribution in [3.05, 3.63) is 59.7 Å². The standard InChI is InChI=1S/C13H13N3O/c14-6-5-10-1-3-11(4-2-10)13(17)12-7-15-9-16-8-12/h1-4,7-9H,5-6,14H2. The molecule has 4 nitrogen and oxygen atoms in total. The summed E-state index contributed by atoms with van der Waals surface area (Å²) in [6.45, 7) is 0.611. The summed E-state index contributed by atoms with van der Waals surface area (Å²) < 4.78 is 0. The Morgan fingerprint density at radius 3 is 2.29 bits per heavy atom. The van der Waals surface area contributed by atoms with Crippen LogP contribution in [0.2, 0.25) is 0 Å². The van der Waals surface area contributed by atoms with Gasteiger partial charge in [-0.15, -0.1) is 0 Å². The van der Waals surface area contributed by atoms with Crippen LogP contribution < -0.4 is 5.73 Å². The predicted molar refractivity (Wildman–Crippen MR) is 64.7 cm³/mol. The Morgan fingerprint density at radius 1 is 1.06 bits per heavy atom. The van der Waals surface area contributed by atoms with E-state index in [0.717, 1.165) is 12.0 Å². The molecule has 17 heavy (non-hydrogen) atoms. The highest BCUT2D eigenvalue weighted by Gasteiger charge is 2.08. The summed E-state index contributed by atoms with van der Waals surface area (Å²) in [5, 5.41) is 0. The fourth-order valence-corrected chi connectivity index (χ4v) is 1.57. The normalized spacial score (nSPS) is 10.2. The third-order valence-electron chi connectivity index (χ3n) is 2.47. The number of hydrogen-bond acceptors (Lipinski definition) is 4. The van der Waals surface area contributed by atoms with Gasteiger partial charge in [0.05, 0.1) is 5.56 Å². The van der Waals surface area contributed by atoms with E-state index in [2.05, 4.69) is 9.97 Å². The molecule has 0 radical (unpaired) electrons. The Kier molecular flexibility index (Phi) is 3.57. The van der Waals surface area contributed by atoms with Crippen molar-refractivity contribution < 1.29 is 4.79 Å². The lowest BCUT2D eigenvalue weighted by atomic mass is 10.0. The molecule has 0 saturated heterocycles. The molecule has 1 aromatic heterocycles. The van der Waals surface area contributed by atoms with Crippen LogP contribution >= 0.6 is 0 Å². The number of nitrogens with zero attached hydrogens (tertiary/aromatic N) is 2. The molecule has 2 N–H and O–H groups in total. The lowest BCUT2D eigenvalue weighted by Crippen LogP contribution is -2.05. The summed E-state index contributed by atoms with van der Waals surface area (Å²) in [5.74, 6) is -0.0649. The summed E-state index contributed by atoms with van der Waals surface area (Å²) in [6.07, 6.45) is 5.26. The Morgan fingerprint density at radius 2 is 1.71 bits per heavy atom. The Hall–Kier alpha value is -2.07. The van der Waals surface area contributed by atoms with Crippen LogP contribution in [0.3, 0.4) is 0 Å². The van der Waals surface area contributed by atoms with Gasteiger partial charge in [-0.1, -0.05) is 24.3 Å². The minimum absolute atomic E-state index is 0.0649. The monoisotopic (exact) mass is 227 g/mol. The SMILES string of the molecule is NCCc1ccc(C(=O)c2cncnc2)cc1. The molecule has 0 bridgehead atoms. The fourth-order valence-electron chi connectivity index (χ4n) is 1.57. The van der Waals surface area contributed by atoms with Gasteiger partial charge in [-0.3, -0.25) is 4.79 Å². The van der Waals surface area contributed by atoms with Crippen molar-refractivity contribution in [2.45, 2.75) is 6.42 Å². The van der Waals surface area contributed by atoms with E-state index in [4.69, 9.17) is 5.73 Å². The molecule has 0 amide bonds. The number of carbonyl (C=O) groups is 1. The van der Waals surface area contributed by atoms with Crippen LogP contribution in [0.25, 0.3) is 0 Å². The first kappa shape index (κ1) is 11.4. The summed E-state index contributed by atoms with van der Waals surface area (Å²) in [4.78, 5) is 19.7. The zero-order chi connectivity index (χ0) is 12.1. The van der Waals surface area contributed by atoms with Crippen LogP contribution in [0.15, 0.2) is 43.0 Å². The second-order valence-electron chi connectivity index (χ2n) is 3.69. The average molecular weight is 227 g/mol. The van der Waals surface area contributed by atoms with E-state index in [9.17, 15) is 4.79 Å². The smallest absolute Gasteiger partial charge is 0.196 e. The third kappa shape index (κ3) is 2.73. The first-order chi connectivity index (χ1) is 8.31. The highest BCUT2D eigenvalue weighted by molar-refractivity contribution is 6.08. The molecule has 0 unspecified atom stereocenters. The summed E-state index contributed by atoms with van der Waals surface area (Å²) in [5.41, 5.74) is 7.74. The second kappa shape index (κ2) is 5.32. The van der Waals surface area contributed by atoms with Crippen molar-refractivity contribution in [1.29, 1.82) is 0 Å². The van der Waals surface area contributed by atoms with E-state index in [1.807, 2.05) is 12.1 Å². The van der Waals surface area contributed by atoms with E-state index >= 15 is 0 Å². The second-order valence-corrected chi connectivity index (χ2v) is 3.69. The van der Waals surface area contributed by atoms with Gasteiger partial charge in [-0.25, -0.2) is 9.97 Å². The fraction of sp³-hybridized carbons (Fsp3) is 0.154. The molecule has 1 aromatic carbocycles. The molecular weight excluding hydrogens is 214 g/mol. The van der Waals surface area contributed by atoms with Crippen molar-refractivity contribution in [2.24, 2.45) is 5.73 Å². The van der Waals surface area contributed by atoms with Crippen molar-refractivity contribution in [3.63, 3.8) is 0 Å². The summed E-state index contributed by atoms with van der Waals surface area (Å²) >= 11 is 0. The van der Waals surface area contributed by atoms with Crippen LogP contribution in [-0.2, 0) is 6.42 Å². The molecular formula is C13H13N3O. The molecule has 0 aliphatic rings. The van der Waals surface area contributed by atoms with Gasteiger partial charge in [0.15, 0.2) is 5.78 Å². The van der Waals surface area contributed by atoms with Gasteiger partial charge >= 0.3 is 0 Å². The van der Waals surface area contributed by atoms with Crippen LogP contribution in [-0.4, -0.2) is 22.3 Å². The van der Waals surface area contributed by atoms with Crippen LogP contribution in [0.4, 0.5) is 0 Å². The van der Waals surface area contributed by atoms with Gasteiger partial charge < -0.3 is 5.73 Å². The minimum Gasteiger partial charge on any atom is -0.330 e. The molecule has 0 fully saturated rings. The quantitative estimate of drug-likeness (QED) is 0.797. The first-order valence-electron chi connectivity index (χ1n) is 5.40. The van der Waals surface area contributed by atoms with E-state index in [1.54, 1.807) is 12.1 Å². The molecule has 4 heteroatoms. The predicted octanol–water partition coefficient (Wildman–Crippen LogP) is 1.21. The average Bonchev–Trinajstić information content (AvgIpc) is 2.40. The number of ketones is 1. The highest BCUT2D eigenvalue weighted by Crippen LogP contribution is 2.09. The molecule has 2 aromatic rings. The van der Waals surface area contributed by atoms with Crippen molar-refractivity contribution in [3.8, 4) is 0 Å². The molecule has 0 spiro atoms. The third-order valence-corrected chi connectivity index (χ3v) is 2.47. The Bertz CT molecular complexity index is 494. The number of nitrogens with two attached hydrogens (primary N) is 1. The van der Waals surface area contributed by atoms with Gasteiger partial charge in [0.1, 0.15) is 6.33 Å². The Labute approximate surface area is 99.5 Å². The van der Waals surface area contributed by atoms with E-state index in [0.29, 0.717) is 17.7 Å². The van der Waals surface area contributed by atoms with Crippen molar-refractivity contribution in [1.82, 2.24) is 9.97 Å². The Balaban J connectivity index is 2.20. The summed E-state index contributed by atoms with van der Waals surface area (Å²) in [6, 6.07) is 7.45. The number of hydrogen-bond donors (Lipinski definition) is 1. The van der Waals surface area contributed by atoms with E-state index in [-0.39, 0.29) is 5.78 Å². The molecule has 86 valence electrons. The molecule has 0 aliphatic heterocycles. The van der Waals surface area contributed by atoms with Gasteiger partial charge in [0.2, 0.25) is 0 Å². The topological polar surface area (TPSA) is 68.9 Å². The van der Waals surface area contributed by atoms with Crippen LogP contribution in [0.1, 0.15) is 21.5 Å². The van der Waals surface area contributed by atoms with E-state index < -0.39 is 0 Å². The zero-order valence-electron chi connectivity index (χ0n) is 9.34. The highest BCUT2D eigenvalue weighted by atomic mass is 16.1. The summed E-state index contributed by atoms with van der Waals surface area (Å²) in [7, 11) is 0. The maximum absolute atomic E-state index is 12.0. The maximum atomic E-state index is 12.0. The van der Waals surface area contributed by atoms with Crippen LogP contribution in [0, 0.1) is 0 Å². The first-order valence-corrected chi connectivity index (χ1v) is 5.40. The molecule has 0 aliphatic carbocycles. The van der Waals surface area contributed by atoms with E-state index in [1.165, 1.54) is 18.7 Å². The molecule has 2 rings (SSSR count). The van der Waals surface area contributed by atoms with Gasteiger partial charge in [0, 0.05) is 18.0 Å². The largest absolute Gasteiger partial charge is 0.330 e. The molecule has 0 atom stereocenters. The molecule has 0 saturated carbocycles.